The van der Waals surface area contributed by atoms with Crippen LogP contribution < -0.4 is 15.4 Å². The fraction of sp³-hybridized carbons (Fsp3) is 0.294. The van der Waals surface area contributed by atoms with E-state index in [0.29, 0.717) is 19.7 Å². The molecule has 1 heterocycles. The molecule has 2 amide bonds. The highest BCUT2D eigenvalue weighted by atomic mass is 16.5. The Morgan fingerprint density at radius 3 is 2.82 bits per heavy atom. The Morgan fingerprint density at radius 2 is 2.05 bits per heavy atom. The molecule has 5 nitrogen and oxygen atoms in total. The molecule has 1 aromatic heterocycles. The minimum absolute atomic E-state index is 0.212. The van der Waals surface area contributed by atoms with Gasteiger partial charge in [0.25, 0.3) is 0 Å². The fourth-order valence-electron chi connectivity index (χ4n) is 2.01. The average Bonchev–Trinajstić information content (AvgIpc) is 2.58. The number of aromatic nitrogens is 1. The smallest absolute Gasteiger partial charge is 0.315 e. The zero-order chi connectivity index (χ0) is 15.6. The molecule has 0 saturated carbocycles. The third kappa shape index (κ3) is 5.09. The van der Waals surface area contributed by atoms with Crippen LogP contribution in [0.2, 0.25) is 0 Å². The molecule has 0 spiro atoms. The second-order valence-corrected chi connectivity index (χ2v) is 4.78. The van der Waals surface area contributed by atoms with Crippen LogP contribution in [0.25, 0.3) is 0 Å². The van der Waals surface area contributed by atoms with Crippen LogP contribution in [0.15, 0.2) is 48.8 Å². The van der Waals surface area contributed by atoms with Crippen molar-refractivity contribution in [2.45, 2.75) is 19.9 Å². The first kappa shape index (κ1) is 15.8. The van der Waals surface area contributed by atoms with Crippen molar-refractivity contribution in [3.63, 3.8) is 0 Å². The number of benzene rings is 1. The van der Waals surface area contributed by atoms with Crippen molar-refractivity contribution in [1.82, 2.24) is 15.6 Å². The lowest BCUT2D eigenvalue weighted by molar-refractivity contribution is 0.236. The molecule has 0 aliphatic heterocycles. The predicted octanol–water partition coefficient (Wildman–Crippen LogP) is 2.52. The Morgan fingerprint density at radius 1 is 1.18 bits per heavy atom. The summed E-state index contributed by atoms with van der Waals surface area (Å²) in [6.45, 7) is 3.44. The molecule has 0 aliphatic carbocycles. The molecule has 0 unspecified atom stereocenters. The molecule has 0 atom stereocenters. The number of nitrogens with one attached hydrogen (secondary N) is 2. The van der Waals surface area contributed by atoms with Crippen molar-refractivity contribution in [3.05, 3.63) is 59.9 Å². The summed E-state index contributed by atoms with van der Waals surface area (Å²) in [5, 5.41) is 5.54. The van der Waals surface area contributed by atoms with Gasteiger partial charge in [0.1, 0.15) is 12.4 Å². The molecule has 2 N–H and O–H groups in total. The minimum atomic E-state index is -0.212. The monoisotopic (exact) mass is 299 g/mol. The number of urea groups is 1. The molecule has 22 heavy (non-hydrogen) atoms. The van der Waals surface area contributed by atoms with Crippen LogP contribution in [0.4, 0.5) is 4.79 Å². The van der Waals surface area contributed by atoms with Crippen LogP contribution in [0, 0.1) is 0 Å². The summed E-state index contributed by atoms with van der Waals surface area (Å²) < 4.78 is 5.69. The highest BCUT2D eigenvalue weighted by Crippen LogP contribution is 2.17. The highest BCUT2D eigenvalue weighted by molar-refractivity contribution is 5.73. The van der Waals surface area contributed by atoms with Crippen molar-refractivity contribution in [2.24, 2.45) is 0 Å². The number of ether oxygens (including phenoxy) is 1. The van der Waals surface area contributed by atoms with Gasteiger partial charge in [0.05, 0.1) is 6.54 Å². The molecule has 1 aromatic carbocycles. The maximum absolute atomic E-state index is 11.7. The van der Waals surface area contributed by atoms with Gasteiger partial charge in [0.15, 0.2) is 0 Å². The third-order valence-corrected chi connectivity index (χ3v) is 3.17. The number of carbonyl (C=O) groups is 1. The lowest BCUT2D eigenvalue weighted by Crippen LogP contribution is -2.37. The number of hydrogen-bond donors (Lipinski definition) is 2. The maximum Gasteiger partial charge on any atom is 0.315 e. The SMILES string of the molecule is CCc1ccccc1OCCNC(=O)NCc1cccnc1. The zero-order valence-corrected chi connectivity index (χ0v) is 12.7. The molecule has 0 bridgehead atoms. The molecular weight excluding hydrogens is 278 g/mol. The summed E-state index contributed by atoms with van der Waals surface area (Å²) in [7, 11) is 0. The van der Waals surface area contributed by atoms with Gasteiger partial charge in [0, 0.05) is 18.9 Å². The van der Waals surface area contributed by atoms with E-state index < -0.39 is 0 Å². The number of pyridine rings is 1. The van der Waals surface area contributed by atoms with Gasteiger partial charge in [-0.05, 0) is 29.7 Å². The van der Waals surface area contributed by atoms with Crippen molar-refractivity contribution >= 4 is 6.03 Å². The molecular formula is C17H21N3O2. The van der Waals surface area contributed by atoms with Gasteiger partial charge < -0.3 is 15.4 Å². The van der Waals surface area contributed by atoms with Gasteiger partial charge in [-0.2, -0.15) is 0 Å². The first-order valence-electron chi connectivity index (χ1n) is 7.41. The molecule has 0 fully saturated rings. The molecule has 0 aliphatic rings. The van der Waals surface area contributed by atoms with Crippen LogP contribution in [-0.2, 0) is 13.0 Å². The lowest BCUT2D eigenvalue weighted by atomic mass is 10.1. The van der Waals surface area contributed by atoms with Crippen LogP contribution >= 0.6 is 0 Å². The maximum atomic E-state index is 11.7. The normalized spacial score (nSPS) is 10.0. The van der Waals surface area contributed by atoms with Crippen molar-refractivity contribution in [2.75, 3.05) is 13.2 Å². The van der Waals surface area contributed by atoms with Crippen LogP contribution in [-0.4, -0.2) is 24.2 Å². The van der Waals surface area contributed by atoms with E-state index in [2.05, 4.69) is 22.5 Å². The number of nitrogens with zero attached hydrogens (tertiary/aromatic N) is 1. The molecule has 5 heteroatoms. The summed E-state index contributed by atoms with van der Waals surface area (Å²) >= 11 is 0. The third-order valence-electron chi connectivity index (χ3n) is 3.17. The van der Waals surface area contributed by atoms with Gasteiger partial charge in [-0.15, -0.1) is 0 Å². The number of hydrogen-bond acceptors (Lipinski definition) is 3. The Bertz CT molecular complexity index is 587. The first-order chi connectivity index (χ1) is 10.8. The number of amides is 2. The molecule has 0 saturated heterocycles. The highest BCUT2D eigenvalue weighted by Gasteiger charge is 2.02. The van der Waals surface area contributed by atoms with Crippen LogP contribution in [0.5, 0.6) is 5.75 Å². The minimum Gasteiger partial charge on any atom is -0.491 e. The largest absolute Gasteiger partial charge is 0.491 e. The van der Waals surface area contributed by atoms with Crippen molar-refractivity contribution in [1.29, 1.82) is 0 Å². The van der Waals surface area contributed by atoms with Crippen molar-refractivity contribution < 1.29 is 9.53 Å². The average molecular weight is 299 g/mol. The molecule has 0 radical (unpaired) electrons. The van der Waals surface area contributed by atoms with E-state index in [-0.39, 0.29) is 6.03 Å². The van der Waals surface area contributed by atoms with E-state index in [1.807, 2.05) is 36.4 Å². The molecule has 2 rings (SSSR count). The van der Waals surface area contributed by atoms with E-state index in [0.717, 1.165) is 17.7 Å². The summed E-state index contributed by atoms with van der Waals surface area (Å²) in [6.07, 6.45) is 4.36. The van der Waals surface area contributed by atoms with Crippen LogP contribution in [0.1, 0.15) is 18.1 Å². The van der Waals surface area contributed by atoms with E-state index in [9.17, 15) is 4.79 Å². The number of carbonyl (C=O) groups excluding carboxylic acids is 1. The summed E-state index contributed by atoms with van der Waals surface area (Å²) in [5.41, 5.74) is 2.13. The van der Waals surface area contributed by atoms with Gasteiger partial charge >= 0.3 is 6.03 Å². The van der Waals surface area contributed by atoms with E-state index in [1.165, 1.54) is 5.56 Å². The fourth-order valence-corrected chi connectivity index (χ4v) is 2.01. The van der Waals surface area contributed by atoms with Gasteiger partial charge in [-0.1, -0.05) is 31.2 Å². The summed E-state index contributed by atoms with van der Waals surface area (Å²) in [6, 6.07) is 11.5. The second kappa shape index (κ2) is 8.67. The van der Waals surface area contributed by atoms with Gasteiger partial charge in [-0.3, -0.25) is 4.98 Å². The number of para-hydroxylation sites is 1. The summed E-state index contributed by atoms with van der Waals surface area (Å²) in [5.74, 6) is 0.877. The Labute approximate surface area is 130 Å². The molecule has 2 aromatic rings. The second-order valence-electron chi connectivity index (χ2n) is 4.78. The lowest BCUT2D eigenvalue weighted by Gasteiger charge is -2.11. The Hall–Kier alpha value is -2.56. The van der Waals surface area contributed by atoms with Gasteiger partial charge in [-0.25, -0.2) is 4.79 Å². The summed E-state index contributed by atoms with van der Waals surface area (Å²) in [4.78, 5) is 15.6. The molecule has 116 valence electrons. The number of rotatable bonds is 7. The van der Waals surface area contributed by atoms with Crippen molar-refractivity contribution in [3.8, 4) is 5.75 Å². The van der Waals surface area contributed by atoms with E-state index in [1.54, 1.807) is 12.4 Å². The van der Waals surface area contributed by atoms with E-state index >= 15 is 0 Å². The predicted molar refractivity (Wildman–Crippen MR) is 85.8 cm³/mol. The van der Waals surface area contributed by atoms with Crippen LogP contribution in [0.3, 0.4) is 0 Å². The first-order valence-corrected chi connectivity index (χ1v) is 7.41. The van der Waals surface area contributed by atoms with E-state index in [4.69, 9.17) is 4.74 Å². The Kier molecular flexibility index (Phi) is 6.23. The topological polar surface area (TPSA) is 63.2 Å². The van der Waals surface area contributed by atoms with Gasteiger partial charge in [0.2, 0.25) is 0 Å². The zero-order valence-electron chi connectivity index (χ0n) is 12.7. The Balaban J connectivity index is 1.65. The standard InChI is InChI=1S/C17H21N3O2/c1-2-15-7-3-4-8-16(15)22-11-10-19-17(21)20-13-14-6-5-9-18-12-14/h3-9,12H,2,10-11,13H2,1H3,(H2,19,20,21). The quantitative estimate of drug-likeness (QED) is 0.772. The number of aryl methyl sites for hydroxylation is 1.